The molecule has 0 aliphatic heterocycles. The van der Waals surface area contributed by atoms with Crippen molar-refractivity contribution in [3.8, 4) is 6.07 Å². The predicted molar refractivity (Wildman–Crippen MR) is 83.1 cm³/mol. The Bertz CT molecular complexity index is 736. The smallest absolute Gasteiger partial charge is 0.313 e. The van der Waals surface area contributed by atoms with Gasteiger partial charge >= 0.3 is 11.8 Å². The van der Waals surface area contributed by atoms with E-state index in [4.69, 9.17) is 16.9 Å². The van der Waals surface area contributed by atoms with Gasteiger partial charge in [0.25, 0.3) is 0 Å². The maximum Gasteiger partial charge on any atom is 0.313 e. The summed E-state index contributed by atoms with van der Waals surface area (Å²) in [5.74, 6) is -1.54. The van der Waals surface area contributed by atoms with Crippen LogP contribution in [0.4, 0.5) is 5.69 Å². The summed E-state index contributed by atoms with van der Waals surface area (Å²) in [7, 11) is 0. The Hall–Kier alpha value is -2.84. The van der Waals surface area contributed by atoms with Crippen molar-refractivity contribution >= 4 is 29.1 Å². The number of nitrogens with one attached hydrogen (secondary N) is 2. The van der Waals surface area contributed by atoms with Crippen LogP contribution >= 0.6 is 11.6 Å². The van der Waals surface area contributed by atoms with Crippen LogP contribution in [0, 0.1) is 11.3 Å². The topological polar surface area (TPSA) is 82.0 Å². The van der Waals surface area contributed by atoms with Crippen molar-refractivity contribution in [2.24, 2.45) is 0 Å². The highest BCUT2D eigenvalue weighted by molar-refractivity contribution is 6.39. The lowest BCUT2D eigenvalue weighted by atomic mass is 10.2. The summed E-state index contributed by atoms with van der Waals surface area (Å²) in [5.41, 5.74) is 1.63. The van der Waals surface area contributed by atoms with E-state index < -0.39 is 11.8 Å². The number of rotatable bonds is 3. The fourth-order valence-corrected chi connectivity index (χ4v) is 1.85. The first-order chi connectivity index (χ1) is 10.6. The Morgan fingerprint density at radius 3 is 2.50 bits per heavy atom. The van der Waals surface area contributed by atoms with Gasteiger partial charge in [0, 0.05) is 17.3 Å². The molecule has 2 aromatic rings. The van der Waals surface area contributed by atoms with Crippen molar-refractivity contribution in [3.63, 3.8) is 0 Å². The normalized spacial score (nSPS) is 9.64. The van der Waals surface area contributed by atoms with Gasteiger partial charge in [0.05, 0.1) is 11.6 Å². The van der Waals surface area contributed by atoms with E-state index in [0.717, 1.165) is 5.56 Å². The summed E-state index contributed by atoms with van der Waals surface area (Å²) >= 11 is 5.77. The lowest BCUT2D eigenvalue weighted by molar-refractivity contribution is -0.136. The van der Waals surface area contributed by atoms with Gasteiger partial charge in [0.15, 0.2) is 0 Å². The fourth-order valence-electron chi connectivity index (χ4n) is 1.72. The van der Waals surface area contributed by atoms with Crippen molar-refractivity contribution in [1.29, 1.82) is 5.26 Å². The van der Waals surface area contributed by atoms with Crippen LogP contribution in [-0.2, 0) is 16.1 Å². The van der Waals surface area contributed by atoms with Gasteiger partial charge in [0.1, 0.15) is 0 Å². The average molecular weight is 314 g/mol. The Kier molecular flexibility index (Phi) is 5.12. The van der Waals surface area contributed by atoms with Gasteiger partial charge in [-0.2, -0.15) is 5.26 Å². The van der Waals surface area contributed by atoms with Crippen LogP contribution in [0.5, 0.6) is 0 Å². The lowest BCUT2D eigenvalue weighted by Gasteiger charge is -2.07. The maximum absolute atomic E-state index is 11.8. The molecule has 2 aromatic carbocycles. The number of anilines is 1. The Morgan fingerprint density at radius 1 is 1.09 bits per heavy atom. The second-order valence-electron chi connectivity index (χ2n) is 4.46. The molecule has 0 saturated heterocycles. The monoisotopic (exact) mass is 313 g/mol. The molecule has 0 unspecified atom stereocenters. The van der Waals surface area contributed by atoms with Crippen molar-refractivity contribution in [1.82, 2.24) is 5.32 Å². The predicted octanol–water partition coefficient (Wildman–Crippen LogP) is 2.47. The van der Waals surface area contributed by atoms with Crippen LogP contribution in [0.2, 0.25) is 5.02 Å². The van der Waals surface area contributed by atoms with E-state index in [0.29, 0.717) is 16.3 Å². The molecule has 22 heavy (non-hydrogen) atoms. The highest BCUT2D eigenvalue weighted by Crippen LogP contribution is 2.10. The number of hydrogen-bond acceptors (Lipinski definition) is 3. The standard InChI is InChI=1S/C16H12ClN3O2/c17-13-6-4-11(5-7-13)10-19-15(21)16(22)20-14-3-1-2-12(8-14)9-18/h1-8H,10H2,(H,19,21)(H,20,22). The summed E-state index contributed by atoms with van der Waals surface area (Å²) < 4.78 is 0. The van der Waals surface area contributed by atoms with Gasteiger partial charge in [-0.05, 0) is 35.9 Å². The minimum Gasteiger partial charge on any atom is -0.344 e. The molecule has 0 spiro atoms. The molecule has 2 rings (SSSR count). The van der Waals surface area contributed by atoms with Gasteiger partial charge in [0.2, 0.25) is 0 Å². The van der Waals surface area contributed by atoms with Crippen molar-refractivity contribution < 1.29 is 9.59 Å². The number of nitriles is 1. The van der Waals surface area contributed by atoms with Crippen molar-refractivity contribution in [3.05, 3.63) is 64.7 Å². The second kappa shape index (κ2) is 7.25. The van der Waals surface area contributed by atoms with Crippen LogP contribution < -0.4 is 10.6 Å². The second-order valence-corrected chi connectivity index (χ2v) is 4.89. The van der Waals surface area contributed by atoms with E-state index in [2.05, 4.69) is 10.6 Å². The number of hydrogen-bond donors (Lipinski definition) is 2. The van der Waals surface area contributed by atoms with Gasteiger partial charge in [-0.25, -0.2) is 0 Å². The molecule has 5 nitrogen and oxygen atoms in total. The van der Waals surface area contributed by atoms with Crippen LogP contribution in [-0.4, -0.2) is 11.8 Å². The number of carbonyl (C=O) groups is 2. The minimum absolute atomic E-state index is 0.224. The number of nitrogens with zero attached hydrogens (tertiary/aromatic N) is 1. The maximum atomic E-state index is 11.8. The highest BCUT2D eigenvalue weighted by atomic mass is 35.5. The third-order valence-corrected chi connectivity index (χ3v) is 3.07. The molecular weight excluding hydrogens is 302 g/mol. The molecule has 0 fully saturated rings. The molecule has 2 N–H and O–H groups in total. The number of halogens is 1. The summed E-state index contributed by atoms with van der Waals surface area (Å²) in [6.07, 6.45) is 0. The Morgan fingerprint density at radius 2 is 1.82 bits per heavy atom. The number of benzene rings is 2. The molecule has 0 saturated carbocycles. The molecule has 6 heteroatoms. The van der Waals surface area contributed by atoms with E-state index in [1.807, 2.05) is 6.07 Å². The van der Waals surface area contributed by atoms with E-state index in [-0.39, 0.29) is 6.54 Å². The van der Waals surface area contributed by atoms with Crippen LogP contribution in [0.3, 0.4) is 0 Å². The Labute approximate surface area is 132 Å². The molecule has 0 aliphatic rings. The third-order valence-electron chi connectivity index (χ3n) is 2.82. The molecule has 110 valence electrons. The zero-order chi connectivity index (χ0) is 15.9. The first-order valence-corrected chi connectivity index (χ1v) is 6.80. The van der Waals surface area contributed by atoms with Gasteiger partial charge < -0.3 is 10.6 Å². The van der Waals surface area contributed by atoms with E-state index in [9.17, 15) is 9.59 Å². The average Bonchev–Trinajstić information content (AvgIpc) is 2.54. The molecule has 0 heterocycles. The third kappa shape index (κ3) is 4.33. The summed E-state index contributed by atoms with van der Waals surface area (Å²) in [5, 5.41) is 14.3. The number of amides is 2. The van der Waals surface area contributed by atoms with E-state index in [1.54, 1.807) is 42.5 Å². The van der Waals surface area contributed by atoms with Crippen LogP contribution in [0.15, 0.2) is 48.5 Å². The quantitative estimate of drug-likeness (QED) is 0.854. The molecule has 0 radical (unpaired) electrons. The summed E-state index contributed by atoms with van der Waals surface area (Å²) in [6.45, 7) is 0.224. The van der Waals surface area contributed by atoms with Gasteiger partial charge in [-0.15, -0.1) is 0 Å². The lowest BCUT2D eigenvalue weighted by Crippen LogP contribution is -2.34. The minimum atomic E-state index is -0.788. The SMILES string of the molecule is N#Cc1cccc(NC(=O)C(=O)NCc2ccc(Cl)cc2)c1. The molecule has 0 bridgehead atoms. The van der Waals surface area contributed by atoms with Crippen LogP contribution in [0.1, 0.15) is 11.1 Å². The molecule has 2 amide bonds. The van der Waals surface area contributed by atoms with Crippen molar-refractivity contribution in [2.45, 2.75) is 6.54 Å². The molecule has 0 aromatic heterocycles. The fraction of sp³-hybridized carbons (Fsp3) is 0.0625. The van der Waals surface area contributed by atoms with E-state index >= 15 is 0 Å². The first-order valence-electron chi connectivity index (χ1n) is 6.42. The summed E-state index contributed by atoms with van der Waals surface area (Å²) in [6, 6.07) is 15.2. The van der Waals surface area contributed by atoms with Crippen molar-refractivity contribution in [2.75, 3.05) is 5.32 Å². The summed E-state index contributed by atoms with van der Waals surface area (Å²) in [4.78, 5) is 23.5. The zero-order valence-corrected chi connectivity index (χ0v) is 12.2. The Balaban J connectivity index is 1.90. The van der Waals surface area contributed by atoms with Gasteiger partial charge in [-0.3, -0.25) is 9.59 Å². The van der Waals surface area contributed by atoms with E-state index in [1.165, 1.54) is 6.07 Å². The van der Waals surface area contributed by atoms with Gasteiger partial charge in [-0.1, -0.05) is 29.8 Å². The zero-order valence-electron chi connectivity index (χ0n) is 11.5. The first kappa shape index (κ1) is 15.5. The molecule has 0 atom stereocenters. The largest absolute Gasteiger partial charge is 0.344 e. The molecule has 0 aliphatic carbocycles. The molecular formula is C16H12ClN3O2. The highest BCUT2D eigenvalue weighted by Gasteiger charge is 2.13. The number of carbonyl (C=O) groups excluding carboxylic acids is 2. The van der Waals surface area contributed by atoms with Crippen LogP contribution in [0.25, 0.3) is 0 Å².